The van der Waals surface area contributed by atoms with E-state index in [2.05, 4.69) is 56.9 Å². The van der Waals surface area contributed by atoms with Crippen molar-refractivity contribution in [1.82, 2.24) is 4.90 Å². The molecule has 0 saturated carbocycles. The summed E-state index contributed by atoms with van der Waals surface area (Å²) in [5, 5.41) is 0. The lowest BCUT2D eigenvalue weighted by Gasteiger charge is -2.33. The third-order valence-corrected chi connectivity index (χ3v) is 8.18. The minimum Gasteiger partial charge on any atom is -0.493 e. The number of Topliss-reactive ketones (excluding diaryl/α,β-unsaturated/α-hetero) is 1. The molecule has 1 aliphatic carbocycles. The summed E-state index contributed by atoms with van der Waals surface area (Å²) in [5.41, 5.74) is 2.87. The van der Waals surface area contributed by atoms with Crippen LogP contribution in [0.4, 0.5) is 4.39 Å². The number of halogens is 1. The van der Waals surface area contributed by atoms with Crippen LogP contribution in [0.1, 0.15) is 87.4 Å². The number of fused-ring (bicyclic) bond motifs is 1. The Morgan fingerprint density at radius 1 is 0.972 bits per heavy atom. The predicted molar refractivity (Wildman–Crippen MR) is 143 cm³/mol. The van der Waals surface area contributed by atoms with E-state index in [0.717, 1.165) is 24.9 Å². The fourth-order valence-corrected chi connectivity index (χ4v) is 6.10. The second-order valence-electron chi connectivity index (χ2n) is 12.2. The lowest BCUT2D eigenvalue weighted by Crippen LogP contribution is -2.39. The minimum absolute atomic E-state index is 0.0189. The number of carbonyl (C=O) groups is 1. The molecule has 1 saturated heterocycles. The van der Waals surface area contributed by atoms with Gasteiger partial charge in [-0.2, -0.15) is 0 Å². The Hall–Kier alpha value is -2.40. The average Bonchev–Trinajstić information content (AvgIpc) is 3.30. The van der Waals surface area contributed by atoms with Gasteiger partial charge >= 0.3 is 0 Å². The van der Waals surface area contributed by atoms with Gasteiger partial charge in [0.1, 0.15) is 5.67 Å². The van der Waals surface area contributed by atoms with Gasteiger partial charge in [-0.15, -0.1) is 0 Å². The van der Waals surface area contributed by atoms with E-state index in [-0.39, 0.29) is 29.6 Å². The lowest BCUT2D eigenvalue weighted by molar-refractivity contribution is 0.0682. The molecule has 4 nitrogen and oxygen atoms in total. The Morgan fingerprint density at radius 3 is 2.22 bits per heavy atom. The summed E-state index contributed by atoms with van der Waals surface area (Å²) < 4.78 is 26.8. The van der Waals surface area contributed by atoms with E-state index in [1.807, 2.05) is 6.07 Å². The molecule has 1 heterocycles. The van der Waals surface area contributed by atoms with Crippen LogP contribution in [0.25, 0.3) is 0 Å². The highest BCUT2D eigenvalue weighted by Gasteiger charge is 2.41. The molecule has 196 valence electrons. The molecule has 2 aromatic carbocycles. The number of ketones is 1. The quantitative estimate of drug-likeness (QED) is 0.399. The number of nitrogens with zero attached hydrogens (tertiary/aromatic N) is 1. The van der Waals surface area contributed by atoms with Crippen LogP contribution in [0.5, 0.6) is 11.5 Å². The van der Waals surface area contributed by atoms with Crippen LogP contribution in [0.15, 0.2) is 36.4 Å². The van der Waals surface area contributed by atoms with Gasteiger partial charge < -0.3 is 9.47 Å². The predicted octanol–water partition coefficient (Wildman–Crippen LogP) is 6.92. The molecule has 0 spiro atoms. The zero-order chi connectivity index (χ0) is 26.3. The van der Waals surface area contributed by atoms with E-state index in [9.17, 15) is 4.79 Å². The maximum Gasteiger partial charge on any atom is 0.166 e. The minimum atomic E-state index is -1.42. The molecule has 1 aliphatic heterocycles. The number of carbonyl (C=O) groups excluding carboxylic acids is 1. The summed E-state index contributed by atoms with van der Waals surface area (Å²) in [6.45, 7) is 11.4. The van der Waals surface area contributed by atoms with Crippen molar-refractivity contribution in [1.29, 1.82) is 0 Å². The molecule has 2 aromatic rings. The Morgan fingerprint density at radius 2 is 1.61 bits per heavy atom. The summed E-state index contributed by atoms with van der Waals surface area (Å²) in [7, 11) is 3.15. The first kappa shape index (κ1) is 26.7. The van der Waals surface area contributed by atoms with Gasteiger partial charge in [-0.3, -0.25) is 9.69 Å². The first-order valence-electron chi connectivity index (χ1n) is 13.2. The zero-order valence-corrected chi connectivity index (χ0v) is 23.0. The molecule has 0 N–H and O–H groups in total. The molecule has 0 aromatic heterocycles. The van der Waals surface area contributed by atoms with E-state index < -0.39 is 5.67 Å². The van der Waals surface area contributed by atoms with Gasteiger partial charge in [-0.1, -0.05) is 45.0 Å². The van der Waals surface area contributed by atoms with Gasteiger partial charge in [0, 0.05) is 30.1 Å². The molecule has 4 rings (SSSR count). The fraction of sp³-hybridized carbons (Fsp3) is 0.581. The molecular formula is C31H42FNO3. The molecule has 36 heavy (non-hydrogen) atoms. The van der Waals surface area contributed by atoms with Crippen LogP contribution in [0.2, 0.25) is 0 Å². The fourth-order valence-electron chi connectivity index (χ4n) is 6.10. The van der Waals surface area contributed by atoms with Crippen LogP contribution < -0.4 is 9.47 Å². The van der Waals surface area contributed by atoms with Crippen molar-refractivity contribution in [3.63, 3.8) is 0 Å². The van der Waals surface area contributed by atoms with Gasteiger partial charge in [0.05, 0.1) is 14.2 Å². The number of hydrogen-bond acceptors (Lipinski definition) is 4. The number of likely N-dealkylation sites (tertiary alicyclic amines) is 1. The monoisotopic (exact) mass is 495 g/mol. The van der Waals surface area contributed by atoms with Crippen molar-refractivity contribution < 1.29 is 18.7 Å². The third-order valence-electron chi connectivity index (χ3n) is 8.18. The Bertz CT molecular complexity index is 1090. The van der Waals surface area contributed by atoms with Crippen molar-refractivity contribution in [3.8, 4) is 11.5 Å². The smallest absolute Gasteiger partial charge is 0.166 e. The number of alkyl halides is 1. The van der Waals surface area contributed by atoms with Crippen LogP contribution in [-0.4, -0.2) is 42.7 Å². The number of benzene rings is 2. The summed E-state index contributed by atoms with van der Waals surface area (Å²) in [5.74, 6) is 0.827. The zero-order valence-electron chi connectivity index (χ0n) is 23.0. The summed E-state index contributed by atoms with van der Waals surface area (Å²) in [6.07, 6.45) is 3.31. The Balaban J connectivity index is 1.42. The molecule has 4 unspecified atom stereocenters. The molecule has 5 heteroatoms. The van der Waals surface area contributed by atoms with Crippen LogP contribution >= 0.6 is 0 Å². The largest absolute Gasteiger partial charge is 0.493 e. The molecule has 0 amide bonds. The molecule has 0 radical (unpaired) electrons. The van der Waals surface area contributed by atoms with E-state index in [4.69, 9.17) is 9.47 Å². The molecule has 2 aliphatic rings. The summed E-state index contributed by atoms with van der Waals surface area (Å²) in [6, 6.07) is 13.1. The number of rotatable bonds is 8. The molecule has 4 atom stereocenters. The van der Waals surface area contributed by atoms with E-state index in [1.54, 1.807) is 27.2 Å². The summed E-state index contributed by atoms with van der Waals surface area (Å²) >= 11 is 0. The first-order valence-corrected chi connectivity index (χ1v) is 13.2. The van der Waals surface area contributed by atoms with E-state index >= 15 is 4.39 Å². The van der Waals surface area contributed by atoms with E-state index in [1.165, 1.54) is 11.1 Å². The number of ether oxygens (including phenoxy) is 2. The Labute approximate surface area is 216 Å². The lowest BCUT2D eigenvalue weighted by atomic mass is 9.85. The van der Waals surface area contributed by atoms with Crippen LogP contribution in [-0.2, 0) is 18.4 Å². The van der Waals surface area contributed by atoms with Crippen molar-refractivity contribution in [3.05, 3.63) is 58.7 Å². The average molecular weight is 496 g/mol. The van der Waals surface area contributed by atoms with Crippen LogP contribution in [0, 0.1) is 5.92 Å². The summed E-state index contributed by atoms with van der Waals surface area (Å²) in [4.78, 5) is 15.6. The molecule has 0 bridgehead atoms. The van der Waals surface area contributed by atoms with Gasteiger partial charge in [0.15, 0.2) is 17.3 Å². The third kappa shape index (κ3) is 5.61. The highest BCUT2D eigenvalue weighted by atomic mass is 19.1. The SMILES string of the molecule is COc1cc2c(cc1OC)C(=O)C(CC(C)(F)CC1CCC(C)N1Cc1ccc(C(C)(C)C)cc1)C2. The van der Waals surface area contributed by atoms with Crippen molar-refractivity contribution in [2.45, 2.75) is 96.4 Å². The highest BCUT2D eigenvalue weighted by molar-refractivity contribution is 6.03. The Kier molecular flexibility index (Phi) is 7.52. The molecule has 1 fully saturated rings. The van der Waals surface area contributed by atoms with Gasteiger partial charge in [-0.25, -0.2) is 4.39 Å². The van der Waals surface area contributed by atoms with Gasteiger partial charge in [-0.05, 0) is 80.2 Å². The maximum absolute atomic E-state index is 16.1. The van der Waals surface area contributed by atoms with Crippen LogP contribution in [0.3, 0.4) is 0 Å². The molecular weight excluding hydrogens is 453 g/mol. The topological polar surface area (TPSA) is 38.8 Å². The highest BCUT2D eigenvalue weighted by Crippen LogP contribution is 2.42. The van der Waals surface area contributed by atoms with Gasteiger partial charge in [0.2, 0.25) is 0 Å². The number of hydrogen-bond donors (Lipinski definition) is 0. The van der Waals surface area contributed by atoms with Crippen molar-refractivity contribution in [2.24, 2.45) is 5.92 Å². The number of methoxy groups -OCH3 is 2. The maximum atomic E-state index is 16.1. The first-order chi connectivity index (χ1) is 16.9. The van der Waals surface area contributed by atoms with E-state index in [0.29, 0.717) is 35.9 Å². The van der Waals surface area contributed by atoms with Gasteiger partial charge in [0.25, 0.3) is 0 Å². The normalized spacial score (nSPS) is 24.0. The second kappa shape index (κ2) is 10.2. The second-order valence-corrected chi connectivity index (χ2v) is 12.2. The van der Waals surface area contributed by atoms with Crippen molar-refractivity contribution in [2.75, 3.05) is 14.2 Å². The standard InChI is InChI=1S/C31H42FNO3/c1-20-8-13-25(33(20)19-21-9-11-24(12-10-21)30(2,3)4)18-31(5,32)17-23-14-22-15-27(35-6)28(36-7)16-26(22)29(23)34/h9-12,15-16,20,23,25H,8,13-14,17-19H2,1-7H3. The van der Waals surface area contributed by atoms with Crippen molar-refractivity contribution >= 4 is 5.78 Å².